The van der Waals surface area contributed by atoms with Crippen molar-refractivity contribution in [2.24, 2.45) is 0 Å². The van der Waals surface area contributed by atoms with Crippen molar-refractivity contribution in [3.8, 4) is 12.1 Å². The Labute approximate surface area is 86.0 Å². The Bertz CT molecular complexity index is 454. The van der Waals surface area contributed by atoms with Gasteiger partial charge in [-0.2, -0.15) is 5.26 Å². The minimum atomic E-state index is -1.29. The predicted molar refractivity (Wildman–Crippen MR) is 51.0 cm³/mol. The second-order valence-corrected chi connectivity index (χ2v) is 2.74. The van der Waals surface area contributed by atoms with Gasteiger partial charge in [-0.05, 0) is 6.92 Å². The molecular weight excluding hydrogens is 198 g/mol. The molecule has 1 heterocycles. The Hall–Kier alpha value is -2.29. The summed E-state index contributed by atoms with van der Waals surface area (Å²) >= 11 is 0. The van der Waals surface area contributed by atoms with Crippen molar-refractivity contribution >= 4 is 12.2 Å². The Morgan fingerprint density at radius 3 is 2.93 bits per heavy atom. The number of ether oxygens (including phenoxy) is 1. The molecule has 0 radical (unpaired) electrons. The molecule has 6 heteroatoms. The molecule has 1 aromatic heterocycles. The highest BCUT2D eigenvalue weighted by molar-refractivity contribution is 5.94. The molecule has 0 saturated heterocycles. The summed E-state index contributed by atoms with van der Waals surface area (Å²) in [5.41, 5.74) is 0.288. The van der Waals surface area contributed by atoms with Crippen LogP contribution in [0.25, 0.3) is 6.20 Å². The van der Waals surface area contributed by atoms with E-state index in [0.29, 0.717) is 5.69 Å². The van der Waals surface area contributed by atoms with Gasteiger partial charge in [-0.3, -0.25) is 4.57 Å². The molecule has 0 saturated carbocycles. The lowest BCUT2D eigenvalue weighted by molar-refractivity contribution is -0.132. The normalized spacial score (nSPS) is 10.9. The summed E-state index contributed by atoms with van der Waals surface area (Å²) in [6.45, 7) is 1.74. The number of nitriles is 1. The van der Waals surface area contributed by atoms with Gasteiger partial charge in [0.2, 0.25) is 0 Å². The first kappa shape index (κ1) is 10.8. The molecular formula is C9H9N3O3. The zero-order chi connectivity index (χ0) is 11.4. The van der Waals surface area contributed by atoms with Gasteiger partial charge in [0.1, 0.15) is 6.07 Å². The van der Waals surface area contributed by atoms with Crippen molar-refractivity contribution in [3.63, 3.8) is 0 Å². The largest absolute Gasteiger partial charge is 0.477 e. The zero-order valence-electron chi connectivity index (χ0n) is 8.26. The van der Waals surface area contributed by atoms with E-state index in [-0.39, 0.29) is 11.6 Å². The lowest BCUT2D eigenvalue weighted by Gasteiger charge is -1.99. The van der Waals surface area contributed by atoms with E-state index in [4.69, 9.17) is 15.1 Å². The van der Waals surface area contributed by atoms with E-state index in [9.17, 15) is 4.79 Å². The first-order valence-corrected chi connectivity index (χ1v) is 4.03. The van der Waals surface area contributed by atoms with Crippen LogP contribution >= 0.6 is 0 Å². The Kier molecular flexibility index (Phi) is 3.08. The summed E-state index contributed by atoms with van der Waals surface area (Å²) in [6, 6.07) is 1.81. The molecule has 1 N–H and O–H groups in total. The van der Waals surface area contributed by atoms with E-state index < -0.39 is 5.97 Å². The van der Waals surface area contributed by atoms with Gasteiger partial charge in [-0.1, -0.05) is 0 Å². The van der Waals surface area contributed by atoms with E-state index in [1.165, 1.54) is 11.7 Å². The van der Waals surface area contributed by atoms with Crippen LogP contribution in [0.2, 0.25) is 0 Å². The molecule has 0 fully saturated rings. The topological polar surface area (TPSA) is 88.1 Å². The van der Waals surface area contributed by atoms with Crippen LogP contribution in [-0.4, -0.2) is 27.7 Å². The monoisotopic (exact) mass is 207 g/mol. The van der Waals surface area contributed by atoms with Crippen LogP contribution in [0.1, 0.15) is 5.69 Å². The molecule has 78 valence electrons. The molecule has 0 aliphatic carbocycles. The third-order valence-electron chi connectivity index (χ3n) is 1.62. The highest BCUT2D eigenvalue weighted by atomic mass is 16.5. The predicted octanol–water partition coefficient (Wildman–Crippen LogP) is 0.649. The Morgan fingerprint density at radius 2 is 2.47 bits per heavy atom. The third-order valence-corrected chi connectivity index (χ3v) is 1.62. The molecule has 0 unspecified atom stereocenters. The van der Waals surface area contributed by atoms with Crippen molar-refractivity contribution in [3.05, 3.63) is 17.5 Å². The Morgan fingerprint density at radius 1 is 1.80 bits per heavy atom. The van der Waals surface area contributed by atoms with Crippen molar-refractivity contribution in [1.82, 2.24) is 9.55 Å². The first-order valence-electron chi connectivity index (χ1n) is 4.03. The van der Waals surface area contributed by atoms with Gasteiger partial charge >= 0.3 is 5.97 Å². The van der Waals surface area contributed by atoms with E-state index in [1.54, 1.807) is 19.2 Å². The quantitative estimate of drug-likeness (QED) is 0.580. The van der Waals surface area contributed by atoms with Gasteiger partial charge in [-0.25, -0.2) is 9.78 Å². The minimum absolute atomic E-state index is 0.237. The van der Waals surface area contributed by atoms with Crippen LogP contribution in [0.4, 0.5) is 0 Å². The maximum atomic E-state index is 10.6. The highest BCUT2D eigenvalue weighted by Gasteiger charge is 2.09. The molecule has 1 aromatic rings. The number of aryl methyl sites for hydroxylation is 1. The summed E-state index contributed by atoms with van der Waals surface area (Å²) in [5.74, 6) is -1.29. The van der Waals surface area contributed by atoms with Crippen LogP contribution in [0.15, 0.2) is 11.8 Å². The smallest absolute Gasteiger partial charge is 0.347 e. The molecule has 6 nitrogen and oxygen atoms in total. The van der Waals surface area contributed by atoms with Gasteiger partial charge < -0.3 is 9.84 Å². The number of carboxylic acids is 1. The number of methoxy groups -OCH3 is 1. The third kappa shape index (κ3) is 2.34. The second-order valence-electron chi connectivity index (χ2n) is 2.74. The summed E-state index contributed by atoms with van der Waals surface area (Å²) in [6.07, 6.45) is 2.72. The van der Waals surface area contributed by atoms with Crippen LogP contribution in [0.3, 0.4) is 0 Å². The number of carboxylic acid groups (broad SMARTS) is 1. The minimum Gasteiger partial charge on any atom is -0.477 e. The van der Waals surface area contributed by atoms with Gasteiger partial charge in [-0.15, -0.1) is 0 Å². The van der Waals surface area contributed by atoms with Crippen molar-refractivity contribution in [1.29, 1.82) is 5.26 Å². The molecule has 0 aliphatic heterocycles. The van der Waals surface area contributed by atoms with Crippen LogP contribution in [-0.2, 0) is 4.79 Å². The molecule has 0 atom stereocenters. The molecule has 0 amide bonds. The standard InChI is InChI=1S/C9H9N3O3/c1-6-4-12(9(11-6)15-2)5-7(3-10)8(13)14/h4-5H,1-2H3,(H,13,14). The van der Waals surface area contributed by atoms with Gasteiger partial charge in [0.15, 0.2) is 5.57 Å². The maximum Gasteiger partial charge on any atom is 0.347 e. The first-order chi connectivity index (χ1) is 7.08. The van der Waals surface area contributed by atoms with E-state index in [1.807, 2.05) is 0 Å². The number of aromatic nitrogens is 2. The molecule has 15 heavy (non-hydrogen) atoms. The molecule has 0 spiro atoms. The number of rotatable bonds is 3. The summed E-state index contributed by atoms with van der Waals surface area (Å²) in [5, 5.41) is 17.2. The van der Waals surface area contributed by atoms with Gasteiger partial charge in [0.25, 0.3) is 6.01 Å². The Balaban J connectivity index is 3.17. The second kappa shape index (κ2) is 4.28. The van der Waals surface area contributed by atoms with Crippen molar-refractivity contribution in [2.75, 3.05) is 7.11 Å². The number of imidazole rings is 1. The van der Waals surface area contributed by atoms with Crippen molar-refractivity contribution in [2.45, 2.75) is 6.92 Å². The van der Waals surface area contributed by atoms with E-state index >= 15 is 0 Å². The highest BCUT2D eigenvalue weighted by Crippen LogP contribution is 2.12. The van der Waals surface area contributed by atoms with E-state index in [0.717, 1.165) is 6.20 Å². The average molecular weight is 207 g/mol. The fourth-order valence-electron chi connectivity index (χ4n) is 1.01. The van der Waals surface area contributed by atoms with Gasteiger partial charge in [0.05, 0.1) is 12.8 Å². The zero-order valence-corrected chi connectivity index (χ0v) is 8.26. The number of hydrogen-bond donors (Lipinski definition) is 1. The van der Waals surface area contributed by atoms with Gasteiger partial charge in [0, 0.05) is 12.4 Å². The molecule has 0 aromatic carbocycles. The molecule has 0 aliphatic rings. The molecule has 1 rings (SSSR count). The van der Waals surface area contributed by atoms with Crippen LogP contribution in [0, 0.1) is 18.3 Å². The van der Waals surface area contributed by atoms with E-state index in [2.05, 4.69) is 4.98 Å². The number of aliphatic carboxylic acids is 1. The number of carbonyl (C=O) groups is 1. The number of nitrogens with zero attached hydrogens (tertiary/aromatic N) is 3. The summed E-state index contributed by atoms with van der Waals surface area (Å²) < 4.78 is 6.25. The lowest BCUT2D eigenvalue weighted by Crippen LogP contribution is -2.01. The molecule has 0 bridgehead atoms. The van der Waals surface area contributed by atoms with Crippen LogP contribution in [0.5, 0.6) is 6.01 Å². The average Bonchev–Trinajstić information content (AvgIpc) is 2.54. The SMILES string of the molecule is COc1nc(C)cn1C=C(C#N)C(=O)O. The maximum absolute atomic E-state index is 10.6. The number of hydrogen-bond acceptors (Lipinski definition) is 4. The summed E-state index contributed by atoms with van der Waals surface area (Å²) in [4.78, 5) is 14.5. The fraction of sp³-hybridized carbons (Fsp3) is 0.222. The van der Waals surface area contributed by atoms with Crippen LogP contribution < -0.4 is 4.74 Å². The fourth-order valence-corrected chi connectivity index (χ4v) is 1.01. The van der Waals surface area contributed by atoms with Crippen molar-refractivity contribution < 1.29 is 14.6 Å². The lowest BCUT2D eigenvalue weighted by atomic mass is 10.3. The summed E-state index contributed by atoms with van der Waals surface area (Å²) in [7, 11) is 1.42.